The third-order valence-electron chi connectivity index (χ3n) is 5.89. The van der Waals surface area contributed by atoms with Gasteiger partial charge in [0, 0.05) is 17.7 Å². The second kappa shape index (κ2) is 8.81. The summed E-state index contributed by atoms with van der Waals surface area (Å²) in [5.74, 6) is -0.629. The van der Waals surface area contributed by atoms with Crippen LogP contribution in [0.4, 0.5) is 0 Å². The minimum atomic E-state index is -0.701. The molecule has 1 N–H and O–H groups in total. The molecule has 0 saturated carbocycles. The molecule has 1 aromatic rings. The largest absolute Gasteiger partial charge is 0.508 e. The molecular formula is C25H28O6. The molecule has 164 valence electrons. The lowest BCUT2D eigenvalue weighted by Crippen LogP contribution is -2.34. The van der Waals surface area contributed by atoms with Crippen LogP contribution in [0.3, 0.4) is 0 Å². The number of fused-ring (bicyclic) bond motifs is 1. The Balaban J connectivity index is 1.38. The van der Waals surface area contributed by atoms with Crippen LogP contribution in [0.1, 0.15) is 66.7 Å². The molecule has 2 heterocycles. The highest BCUT2D eigenvalue weighted by atomic mass is 16.7. The molecule has 1 saturated heterocycles. The van der Waals surface area contributed by atoms with Gasteiger partial charge in [0.1, 0.15) is 11.4 Å². The van der Waals surface area contributed by atoms with Gasteiger partial charge >= 0.3 is 0 Å². The predicted octanol–water partition coefficient (Wildman–Crippen LogP) is 4.64. The molecule has 0 bridgehead atoms. The Bertz CT molecular complexity index is 980. The van der Waals surface area contributed by atoms with Gasteiger partial charge in [-0.05, 0) is 76.3 Å². The molecule has 31 heavy (non-hydrogen) atoms. The summed E-state index contributed by atoms with van der Waals surface area (Å²) in [5.41, 5.74) is 1.16. The molecule has 0 aromatic heterocycles. The average molecular weight is 424 g/mol. The molecule has 6 nitrogen and oxygen atoms in total. The Kier molecular flexibility index (Phi) is 6.12. The maximum atomic E-state index is 12.9. The van der Waals surface area contributed by atoms with E-state index in [1.165, 1.54) is 18.2 Å². The molecule has 2 atom stereocenters. The van der Waals surface area contributed by atoms with E-state index in [0.29, 0.717) is 18.6 Å². The van der Waals surface area contributed by atoms with Crippen molar-refractivity contribution in [2.75, 3.05) is 13.2 Å². The number of hydrogen-bond acceptors (Lipinski definition) is 6. The van der Waals surface area contributed by atoms with Gasteiger partial charge in [-0.3, -0.25) is 9.59 Å². The monoisotopic (exact) mass is 424 g/mol. The summed E-state index contributed by atoms with van der Waals surface area (Å²) >= 11 is 0. The maximum absolute atomic E-state index is 12.9. The van der Waals surface area contributed by atoms with E-state index in [0.717, 1.165) is 37.9 Å². The number of carbonyl (C=O) groups is 2. The first-order chi connectivity index (χ1) is 14.9. The summed E-state index contributed by atoms with van der Waals surface area (Å²) in [6.07, 6.45) is 10.1. The lowest BCUT2D eigenvalue weighted by molar-refractivity contribution is -0.156. The van der Waals surface area contributed by atoms with E-state index in [2.05, 4.69) is 6.08 Å². The van der Waals surface area contributed by atoms with Crippen LogP contribution in [0, 0.1) is 0 Å². The Labute approximate surface area is 182 Å². The number of hydrogen-bond donors (Lipinski definition) is 1. The van der Waals surface area contributed by atoms with E-state index >= 15 is 0 Å². The minimum Gasteiger partial charge on any atom is -0.508 e. The van der Waals surface area contributed by atoms with Gasteiger partial charge in [0.15, 0.2) is 17.8 Å². The Morgan fingerprint density at radius 3 is 2.87 bits per heavy atom. The molecule has 0 radical (unpaired) electrons. The summed E-state index contributed by atoms with van der Waals surface area (Å²) < 4.78 is 17.4. The van der Waals surface area contributed by atoms with Gasteiger partial charge in [-0.15, -0.1) is 0 Å². The number of aromatic hydroxyl groups is 1. The van der Waals surface area contributed by atoms with Crippen molar-refractivity contribution < 1.29 is 28.9 Å². The zero-order chi connectivity index (χ0) is 22.0. The molecule has 0 amide bonds. The molecule has 2 aliphatic heterocycles. The lowest BCUT2D eigenvalue weighted by Gasteiger charge is -2.34. The normalized spacial score (nSPS) is 25.9. The Morgan fingerprint density at radius 1 is 1.26 bits per heavy atom. The summed E-state index contributed by atoms with van der Waals surface area (Å²) in [6, 6.07) is 4.21. The van der Waals surface area contributed by atoms with Crippen molar-refractivity contribution in [2.45, 2.75) is 57.8 Å². The van der Waals surface area contributed by atoms with Gasteiger partial charge in [-0.25, -0.2) is 0 Å². The third-order valence-corrected chi connectivity index (χ3v) is 5.89. The third kappa shape index (κ3) is 4.65. The van der Waals surface area contributed by atoms with E-state index in [-0.39, 0.29) is 40.5 Å². The SMILES string of the molecule is C/C(=C/CC[C@]1(C)C=CC2=C(O1)C(=O)c1cc(O)ccc1C2=O)COC1CCCCO1. The van der Waals surface area contributed by atoms with Crippen molar-refractivity contribution in [2.24, 2.45) is 0 Å². The van der Waals surface area contributed by atoms with Gasteiger partial charge in [0.05, 0.1) is 12.2 Å². The van der Waals surface area contributed by atoms with Crippen LogP contribution in [0.25, 0.3) is 0 Å². The fourth-order valence-electron chi connectivity index (χ4n) is 4.06. The maximum Gasteiger partial charge on any atom is 0.229 e. The number of phenolic OH excluding ortho intramolecular Hbond substituents is 1. The Hall–Kier alpha value is -2.70. The molecule has 4 rings (SSSR count). The molecular weight excluding hydrogens is 396 g/mol. The molecule has 1 fully saturated rings. The first-order valence-corrected chi connectivity index (χ1v) is 10.8. The summed E-state index contributed by atoms with van der Waals surface area (Å²) in [7, 11) is 0. The number of Topliss-reactive ketones (excluding diaryl/α,β-unsaturated/α-hetero) is 2. The van der Waals surface area contributed by atoms with Gasteiger partial charge < -0.3 is 19.3 Å². The topological polar surface area (TPSA) is 82.1 Å². The predicted molar refractivity (Wildman–Crippen MR) is 115 cm³/mol. The summed E-state index contributed by atoms with van der Waals surface area (Å²) in [5, 5.41) is 9.73. The highest BCUT2D eigenvalue weighted by Crippen LogP contribution is 2.37. The minimum absolute atomic E-state index is 0.0560. The number of carbonyl (C=O) groups excluding carboxylic acids is 2. The molecule has 6 heteroatoms. The number of phenols is 1. The van der Waals surface area contributed by atoms with Crippen LogP contribution in [0.15, 0.2) is 53.3 Å². The van der Waals surface area contributed by atoms with Crippen molar-refractivity contribution in [3.05, 3.63) is 64.5 Å². The number of ether oxygens (including phenoxy) is 3. The zero-order valence-electron chi connectivity index (χ0n) is 18.0. The summed E-state index contributed by atoms with van der Waals surface area (Å²) in [6.45, 7) is 5.22. The van der Waals surface area contributed by atoms with Crippen molar-refractivity contribution in [1.29, 1.82) is 0 Å². The van der Waals surface area contributed by atoms with E-state index < -0.39 is 5.60 Å². The van der Waals surface area contributed by atoms with Crippen molar-refractivity contribution >= 4 is 11.6 Å². The highest BCUT2D eigenvalue weighted by molar-refractivity contribution is 6.27. The Morgan fingerprint density at radius 2 is 2.10 bits per heavy atom. The molecule has 0 spiro atoms. The van der Waals surface area contributed by atoms with E-state index in [9.17, 15) is 14.7 Å². The summed E-state index contributed by atoms with van der Waals surface area (Å²) in [4.78, 5) is 25.7. The van der Waals surface area contributed by atoms with Gasteiger partial charge in [-0.2, -0.15) is 0 Å². The van der Waals surface area contributed by atoms with Crippen LogP contribution in [-0.2, 0) is 14.2 Å². The van der Waals surface area contributed by atoms with Crippen LogP contribution >= 0.6 is 0 Å². The zero-order valence-corrected chi connectivity index (χ0v) is 18.0. The van der Waals surface area contributed by atoms with Crippen LogP contribution in [-0.4, -0.2) is 41.8 Å². The number of allylic oxidation sites excluding steroid dienone is 4. The van der Waals surface area contributed by atoms with Crippen LogP contribution < -0.4 is 0 Å². The molecule has 1 aliphatic carbocycles. The van der Waals surface area contributed by atoms with E-state index in [1.54, 1.807) is 6.08 Å². The highest BCUT2D eigenvalue weighted by Gasteiger charge is 2.39. The fourth-order valence-corrected chi connectivity index (χ4v) is 4.06. The second-order valence-electron chi connectivity index (χ2n) is 8.58. The van der Waals surface area contributed by atoms with Gasteiger partial charge in [-0.1, -0.05) is 11.6 Å². The number of ketones is 2. The first kappa shape index (κ1) is 21.5. The standard InChI is InChI=1S/C25H28O6/c1-16(15-30-21-7-3-4-13-29-21)6-5-11-25(2)12-10-19-22(27)18-9-8-17(26)14-20(18)23(28)24(19)31-25/h6,8-10,12,14,21,26H,3-5,7,11,13,15H2,1-2H3/b16-6-/t21?,25-/m1/s1. The molecule has 3 aliphatic rings. The number of benzene rings is 1. The smallest absolute Gasteiger partial charge is 0.229 e. The quantitative estimate of drug-likeness (QED) is 0.670. The van der Waals surface area contributed by atoms with Gasteiger partial charge in [0.2, 0.25) is 5.78 Å². The van der Waals surface area contributed by atoms with Crippen molar-refractivity contribution in [1.82, 2.24) is 0 Å². The lowest BCUT2D eigenvalue weighted by atomic mass is 9.84. The van der Waals surface area contributed by atoms with E-state index in [4.69, 9.17) is 14.2 Å². The number of rotatable bonds is 6. The first-order valence-electron chi connectivity index (χ1n) is 10.8. The molecule has 1 aromatic carbocycles. The average Bonchev–Trinajstić information content (AvgIpc) is 2.76. The van der Waals surface area contributed by atoms with Crippen LogP contribution in [0.2, 0.25) is 0 Å². The molecule has 1 unspecified atom stereocenters. The van der Waals surface area contributed by atoms with Crippen LogP contribution in [0.5, 0.6) is 5.75 Å². The van der Waals surface area contributed by atoms with Gasteiger partial charge in [0.25, 0.3) is 0 Å². The van der Waals surface area contributed by atoms with Crippen molar-refractivity contribution in [3.63, 3.8) is 0 Å². The second-order valence-corrected chi connectivity index (χ2v) is 8.58. The fraction of sp³-hybridized carbons (Fsp3) is 0.440. The van der Waals surface area contributed by atoms with E-state index in [1.807, 2.05) is 19.9 Å². The van der Waals surface area contributed by atoms with Crippen molar-refractivity contribution in [3.8, 4) is 5.75 Å².